The number of rotatable bonds is 3. The van der Waals surface area contributed by atoms with Crippen LogP contribution in [-0.2, 0) is 4.79 Å². The zero-order valence-electron chi connectivity index (χ0n) is 14.8. The number of carbonyl (C=O) groups is 3. The lowest BCUT2D eigenvalue weighted by Crippen LogP contribution is -2.06. The fraction of sp³-hybridized carbons (Fsp3) is 0.105. The lowest BCUT2D eigenvalue weighted by Gasteiger charge is -2.04. The number of para-hydroxylation sites is 1. The number of amides is 1. The standard InChI is InChI=1S/C19H14BrN3O5/c1-10(24)23-15-8-7-12(20)9-14(15)17(19(23)27)21-22-18(26)13-5-3-4-6-16(13)28-11(2)25/h3-9,27H,1-2H3. The molecule has 142 valence electrons. The third kappa shape index (κ3) is 3.70. The Hall–Kier alpha value is -3.33. The van der Waals surface area contributed by atoms with Gasteiger partial charge in [-0.25, -0.2) is 4.57 Å². The number of hydrogen-bond donors (Lipinski definition) is 1. The molecule has 1 amide bonds. The summed E-state index contributed by atoms with van der Waals surface area (Å²) in [4.78, 5) is 35.5. The topological polar surface area (TPSA) is 110 Å². The SMILES string of the molecule is CC(=O)Oc1ccccc1C(=O)N=Nc1c(O)n(C(C)=O)c2ccc(Br)cc12. The largest absolute Gasteiger partial charge is 0.493 e. The van der Waals surface area contributed by atoms with Crippen LogP contribution in [0.2, 0.25) is 0 Å². The van der Waals surface area contributed by atoms with Crippen molar-refractivity contribution in [2.75, 3.05) is 0 Å². The zero-order valence-corrected chi connectivity index (χ0v) is 16.4. The molecular formula is C19H14BrN3O5. The van der Waals surface area contributed by atoms with E-state index in [1.165, 1.54) is 26.0 Å². The smallest absolute Gasteiger partial charge is 0.308 e. The Bertz CT molecular complexity index is 1150. The highest BCUT2D eigenvalue weighted by atomic mass is 79.9. The van der Waals surface area contributed by atoms with Gasteiger partial charge in [0.05, 0.1) is 11.1 Å². The van der Waals surface area contributed by atoms with Crippen molar-refractivity contribution in [1.82, 2.24) is 4.57 Å². The lowest BCUT2D eigenvalue weighted by atomic mass is 10.2. The maximum absolute atomic E-state index is 12.5. The molecule has 3 rings (SSSR count). The summed E-state index contributed by atoms with van der Waals surface area (Å²) in [6.45, 7) is 2.51. The zero-order chi connectivity index (χ0) is 20.4. The predicted octanol–water partition coefficient (Wildman–Crippen LogP) is 4.62. The third-order valence-electron chi connectivity index (χ3n) is 3.81. The third-order valence-corrected chi connectivity index (χ3v) is 4.30. The van der Waals surface area contributed by atoms with E-state index in [9.17, 15) is 19.5 Å². The second kappa shape index (κ2) is 7.73. The summed E-state index contributed by atoms with van der Waals surface area (Å²) in [5.74, 6) is -2.14. The molecule has 0 unspecified atom stereocenters. The van der Waals surface area contributed by atoms with E-state index in [-0.39, 0.29) is 17.0 Å². The molecule has 28 heavy (non-hydrogen) atoms. The van der Waals surface area contributed by atoms with Crippen LogP contribution in [0.15, 0.2) is 57.2 Å². The molecule has 3 aromatic rings. The maximum atomic E-state index is 12.5. The molecule has 2 aromatic carbocycles. The van der Waals surface area contributed by atoms with Crippen molar-refractivity contribution in [3.05, 3.63) is 52.5 Å². The van der Waals surface area contributed by atoms with Crippen LogP contribution < -0.4 is 4.74 Å². The Morgan fingerprint density at radius 2 is 1.82 bits per heavy atom. The summed E-state index contributed by atoms with van der Waals surface area (Å²) < 4.78 is 6.77. The normalized spacial score (nSPS) is 11.1. The Morgan fingerprint density at radius 1 is 1.11 bits per heavy atom. The monoisotopic (exact) mass is 443 g/mol. The van der Waals surface area contributed by atoms with Crippen LogP contribution >= 0.6 is 15.9 Å². The van der Waals surface area contributed by atoms with Crippen molar-refractivity contribution < 1.29 is 24.2 Å². The number of ether oxygens (including phenoxy) is 1. The molecule has 0 aliphatic carbocycles. The highest BCUT2D eigenvalue weighted by Gasteiger charge is 2.20. The van der Waals surface area contributed by atoms with Gasteiger partial charge in [0.15, 0.2) is 5.69 Å². The summed E-state index contributed by atoms with van der Waals surface area (Å²) in [6, 6.07) is 11.1. The fourth-order valence-electron chi connectivity index (χ4n) is 2.69. The molecule has 1 heterocycles. The molecular weight excluding hydrogens is 430 g/mol. The first-order chi connectivity index (χ1) is 13.3. The summed E-state index contributed by atoms with van der Waals surface area (Å²) in [7, 11) is 0. The van der Waals surface area contributed by atoms with Gasteiger partial charge in [-0.2, -0.15) is 0 Å². The summed E-state index contributed by atoms with van der Waals surface area (Å²) in [6.07, 6.45) is 0. The van der Waals surface area contributed by atoms with Gasteiger partial charge >= 0.3 is 5.97 Å². The summed E-state index contributed by atoms with van der Waals surface area (Å²) >= 11 is 3.32. The van der Waals surface area contributed by atoms with Gasteiger partial charge < -0.3 is 9.84 Å². The van der Waals surface area contributed by atoms with E-state index in [1.807, 2.05) is 0 Å². The number of nitrogens with zero attached hydrogens (tertiary/aromatic N) is 3. The van der Waals surface area contributed by atoms with Gasteiger partial charge in [0.1, 0.15) is 5.75 Å². The Balaban J connectivity index is 2.06. The van der Waals surface area contributed by atoms with Crippen LogP contribution in [0.25, 0.3) is 10.9 Å². The molecule has 0 aliphatic rings. The second-order valence-electron chi connectivity index (χ2n) is 5.78. The summed E-state index contributed by atoms with van der Waals surface area (Å²) in [5.41, 5.74) is 0.442. The number of fused-ring (bicyclic) bond motifs is 1. The lowest BCUT2D eigenvalue weighted by molar-refractivity contribution is -0.131. The van der Waals surface area contributed by atoms with E-state index in [0.29, 0.717) is 15.4 Å². The molecule has 0 saturated heterocycles. The van der Waals surface area contributed by atoms with E-state index in [4.69, 9.17) is 4.74 Å². The van der Waals surface area contributed by atoms with E-state index in [0.717, 1.165) is 4.57 Å². The average molecular weight is 444 g/mol. The van der Waals surface area contributed by atoms with Crippen molar-refractivity contribution in [3.8, 4) is 11.6 Å². The number of carbonyl (C=O) groups excluding carboxylic acids is 3. The molecule has 0 saturated carbocycles. The van der Waals surface area contributed by atoms with Crippen molar-refractivity contribution in [2.45, 2.75) is 13.8 Å². The summed E-state index contributed by atoms with van der Waals surface area (Å²) in [5, 5.41) is 18.4. The number of hydrogen-bond acceptors (Lipinski definition) is 6. The number of halogens is 1. The molecule has 0 atom stereocenters. The molecule has 9 heteroatoms. The van der Waals surface area contributed by atoms with Crippen LogP contribution in [-0.4, -0.2) is 27.5 Å². The second-order valence-corrected chi connectivity index (χ2v) is 6.70. The molecule has 0 aliphatic heterocycles. The van der Waals surface area contributed by atoms with E-state index in [1.54, 1.807) is 30.3 Å². The molecule has 0 bridgehead atoms. The number of aromatic nitrogens is 1. The van der Waals surface area contributed by atoms with E-state index in [2.05, 4.69) is 26.2 Å². The number of aromatic hydroxyl groups is 1. The first kappa shape index (κ1) is 19.4. The highest BCUT2D eigenvalue weighted by Crippen LogP contribution is 2.40. The molecule has 0 spiro atoms. The average Bonchev–Trinajstić information content (AvgIpc) is 2.90. The van der Waals surface area contributed by atoms with Gasteiger partial charge in [-0.15, -0.1) is 10.2 Å². The van der Waals surface area contributed by atoms with Gasteiger partial charge in [-0.3, -0.25) is 14.4 Å². The Labute approximate surface area is 167 Å². The van der Waals surface area contributed by atoms with Crippen LogP contribution in [0.1, 0.15) is 29.0 Å². The van der Waals surface area contributed by atoms with Crippen LogP contribution in [0.4, 0.5) is 5.69 Å². The quantitative estimate of drug-likeness (QED) is 0.360. The molecule has 8 nitrogen and oxygen atoms in total. The Morgan fingerprint density at radius 3 is 2.50 bits per heavy atom. The van der Waals surface area contributed by atoms with Crippen molar-refractivity contribution in [3.63, 3.8) is 0 Å². The molecule has 1 aromatic heterocycles. The minimum Gasteiger partial charge on any atom is -0.493 e. The van der Waals surface area contributed by atoms with Gasteiger partial charge in [0.2, 0.25) is 11.8 Å². The van der Waals surface area contributed by atoms with E-state index >= 15 is 0 Å². The van der Waals surface area contributed by atoms with Crippen molar-refractivity contribution >= 4 is 50.3 Å². The molecule has 1 N–H and O–H groups in total. The first-order valence-electron chi connectivity index (χ1n) is 8.07. The minimum atomic E-state index is -0.769. The molecule has 0 radical (unpaired) electrons. The molecule has 0 fully saturated rings. The van der Waals surface area contributed by atoms with Gasteiger partial charge in [0, 0.05) is 23.7 Å². The number of esters is 1. The van der Waals surface area contributed by atoms with Gasteiger partial charge in [0.25, 0.3) is 5.91 Å². The van der Waals surface area contributed by atoms with Crippen LogP contribution in [0, 0.1) is 0 Å². The van der Waals surface area contributed by atoms with Gasteiger partial charge in [-0.05, 0) is 30.3 Å². The Kier molecular flexibility index (Phi) is 5.36. The highest BCUT2D eigenvalue weighted by molar-refractivity contribution is 9.10. The van der Waals surface area contributed by atoms with Crippen LogP contribution in [0.5, 0.6) is 11.6 Å². The fourth-order valence-corrected chi connectivity index (χ4v) is 3.05. The predicted molar refractivity (Wildman–Crippen MR) is 104 cm³/mol. The van der Waals surface area contributed by atoms with Gasteiger partial charge in [-0.1, -0.05) is 28.1 Å². The first-order valence-corrected chi connectivity index (χ1v) is 8.86. The maximum Gasteiger partial charge on any atom is 0.308 e. The van der Waals surface area contributed by atoms with Crippen molar-refractivity contribution in [2.24, 2.45) is 10.2 Å². The van der Waals surface area contributed by atoms with Crippen LogP contribution in [0.3, 0.4) is 0 Å². The number of azo groups is 1. The minimum absolute atomic E-state index is 0.0233. The van der Waals surface area contributed by atoms with Crippen molar-refractivity contribution in [1.29, 1.82) is 0 Å². The number of benzene rings is 2. The van der Waals surface area contributed by atoms with E-state index < -0.39 is 23.7 Å².